The zero-order valence-corrected chi connectivity index (χ0v) is 19.5. The minimum atomic E-state index is -1.31. The number of hydrogen-bond donors (Lipinski definition) is 1. The summed E-state index contributed by atoms with van der Waals surface area (Å²) in [6, 6.07) is 12.4. The van der Waals surface area contributed by atoms with E-state index in [1.165, 1.54) is 12.3 Å². The summed E-state index contributed by atoms with van der Waals surface area (Å²) in [6.45, 7) is 2.54. The lowest BCUT2D eigenvalue weighted by Gasteiger charge is -2.36. The molecule has 35 heavy (non-hydrogen) atoms. The minimum Gasteiger partial charge on any atom is -0.477 e. The molecule has 3 aromatic rings. The van der Waals surface area contributed by atoms with Crippen molar-refractivity contribution in [3.63, 3.8) is 0 Å². The number of halogens is 1. The van der Waals surface area contributed by atoms with E-state index in [1.54, 1.807) is 22.6 Å². The highest BCUT2D eigenvalue weighted by Gasteiger charge is 2.29. The number of rotatable bonds is 6. The molecule has 2 heterocycles. The second kappa shape index (κ2) is 9.14. The molecule has 1 aromatic heterocycles. The number of para-hydroxylation sites is 1. The molecule has 1 N–H and O–H groups in total. The van der Waals surface area contributed by atoms with Crippen LogP contribution in [0.4, 0.5) is 15.8 Å². The molecule has 9 heteroatoms. The Morgan fingerprint density at radius 3 is 2.40 bits per heavy atom. The molecule has 0 unspecified atom stereocenters. The number of carboxylic acid groups (broad SMARTS) is 1. The van der Waals surface area contributed by atoms with E-state index < -0.39 is 17.2 Å². The monoisotopic (exact) mass is 478 g/mol. The van der Waals surface area contributed by atoms with Gasteiger partial charge in [-0.1, -0.05) is 18.2 Å². The summed E-state index contributed by atoms with van der Waals surface area (Å²) >= 11 is 0. The number of hydrogen-bond acceptors (Lipinski definition) is 5. The highest BCUT2D eigenvalue weighted by atomic mass is 19.1. The van der Waals surface area contributed by atoms with Crippen LogP contribution in [0.1, 0.15) is 29.2 Å². The Bertz CT molecular complexity index is 1340. The van der Waals surface area contributed by atoms with E-state index >= 15 is 4.39 Å². The molecule has 1 saturated heterocycles. The summed E-state index contributed by atoms with van der Waals surface area (Å²) in [5, 5.41) is 9.51. The van der Waals surface area contributed by atoms with Crippen LogP contribution in [0.3, 0.4) is 0 Å². The summed E-state index contributed by atoms with van der Waals surface area (Å²) < 4.78 is 17.0. The second-order valence-electron chi connectivity index (χ2n) is 9.19. The number of carbonyl (C=O) groups is 2. The molecule has 2 aliphatic rings. The van der Waals surface area contributed by atoms with Gasteiger partial charge in [0, 0.05) is 56.5 Å². The first-order chi connectivity index (χ1) is 16.8. The van der Waals surface area contributed by atoms with Crippen LogP contribution in [0.25, 0.3) is 10.9 Å². The van der Waals surface area contributed by atoms with E-state index in [2.05, 4.69) is 4.90 Å². The van der Waals surface area contributed by atoms with Gasteiger partial charge in [0.25, 0.3) is 0 Å². The van der Waals surface area contributed by atoms with Crippen molar-refractivity contribution in [2.24, 2.45) is 0 Å². The van der Waals surface area contributed by atoms with Gasteiger partial charge in [-0.3, -0.25) is 14.5 Å². The lowest BCUT2D eigenvalue weighted by atomic mass is 10.1. The zero-order valence-electron chi connectivity index (χ0n) is 19.5. The first-order valence-corrected chi connectivity index (χ1v) is 11.7. The Hall–Kier alpha value is -3.72. The number of anilines is 2. The fourth-order valence-electron chi connectivity index (χ4n) is 4.65. The van der Waals surface area contributed by atoms with Crippen molar-refractivity contribution in [1.82, 2.24) is 9.47 Å². The molecular weight excluding hydrogens is 451 g/mol. The van der Waals surface area contributed by atoms with E-state index in [-0.39, 0.29) is 29.4 Å². The van der Waals surface area contributed by atoms with Gasteiger partial charge in [-0.05, 0) is 37.1 Å². The maximum absolute atomic E-state index is 15.2. The summed E-state index contributed by atoms with van der Waals surface area (Å²) in [5.41, 5.74) is 0.779. The van der Waals surface area contributed by atoms with Crippen LogP contribution in [0.5, 0.6) is 0 Å². The number of amides is 1. The molecule has 1 aliphatic carbocycles. The molecular formula is C26H27FN4O4. The zero-order chi connectivity index (χ0) is 24.7. The number of aromatic carboxylic acids is 1. The van der Waals surface area contributed by atoms with Crippen LogP contribution in [-0.2, 0) is 4.79 Å². The molecule has 5 rings (SSSR count). The number of pyridine rings is 1. The number of piperazine rings is 1. The van der Waals surface area contributed by atoms with Crippen LogP contribution >= 0.6 is 0 Å². The van der Waals surface area contributed by atoms with Crippen LogP contribution in [-0.4, -0.2) is 66.2 Å². The predicted molar refractivity (Wildman–Crippen MR) is 132 cm³/mol. The van der Waals surface area contributed by atoms with Crippen LogP contribution in [0.2, 0.25) is 0 Å². The normalized spacial score (nSPS) is 16.5. The molecule has 1 aliphatic heterocycles. The van der Waals surface area contributed by atoms with Gasteiger partial charge in [0.05, 0.1) is 17.7 Å². The van der Waals surface area contributed by atoms with Gasteiger partial charge in [-0.15, -0.1) is 0 Å². The highest BCUT2D eigenvalue weighted by Crippen LogP contribution is 2.38. The molecule has 1 saturated carbocycles. The van der Waals surface area contributed by atoms with Crippen molar-refractivity contribution < 1.29 is 19.1 Å². The van der Waals surface area contributed by atoms with Crippen molar-refractivity contribution in [1.29, 1.82) is 0 Å². The average Bonchev–Trinajstić information content (AvgIpc) is 3.70. The van der Waals surface area contributed by atoms with E-state index in [0.29, 0.717) is 37.4 Å². The second-order valence-corrected chi connectivity index (χ2v) is 9.19. The van der Waals surface area contributed by atoms with Crippen molar-refractivity contribution in [3.05, 3.63) is 70.3 Å². The van der Waals surface area contributed by atoms with Crippen molar-refractivity contribution in [2.75, 3.05) is 49.6 Å². The number of likely N-dealkylation sites (N-methyl/N-ethyl adjacent to an activating group) is 1. The first kappa shape index (κ1) is 23.0. The van der Waals surface area contributed by atoms with Gasteiger partial charge in [-0.25, -0.2) is 9.18 Å². The predicted octanol–water partition coefficient (Wildman–Crippen LogP) is 2.96. The van der Waals surface area contributed by atoms with Crippen molar-refractivity contribution in [2.45, 2.75) is 18.9 Å². The topological polar surface area (TPSA) is 86.1 Å². The van der Waals surface area contributed by atoms with Gasteiger partial charge < -0.3 is 19.5 Å². The number of fused-ring (bicyclic) bond motifs is 1. The molecule has 1 amide bonds. The van der Waals surface area contributed by atoms with E-state index in [9.17, 15) is 19.5 Å². The lowest BCUT2D eigenvalue weighted by Crippen LogP contribution is -2.50. The maximum Gasteiger partial charge on any atom is 0.341 e. The van der Waals surface area contributed by atoms with Crippen molar-refractivity contribution in [3.8, 4) is 0 Å². The lowest BCUT2D eigenvalue weighted by molar-refractivity contribution is -0.119. The average molecular weight is 479 g/mol. The number of carbonyl (C=O) groups excluding carboxylic acids is 1. The Kier molecular flexibility index (Phi) is 6.02. The summed E-state index contributed by atoms with van der Waals surface area (Å²) in [5.74, 6) is -1.86. The van der Waals surface area contributed by atoms with Gasteiger partial charge in [0.1, 0.15) is 11.4 Å². The summed E-state index contributed by atoms with van der Waals surface area (Å²) in [4.78, 5) is 42.6. The summed E-state index contributed by atoms with van der Waals surface area (Å²) in [7, 11) is 1.76. The molecule has 0 atom stereocenters. The summed E-state index contributed by atoms with van der Waals surface area (Å²) in [6.07, 6.45) is 3.18. The maximum atomic E-state index is 15.2. The number of nitrogens with zero attached hydrogens (tertiary/aromatic N) is 4. The third-order valence-electron chi connectivity index (χ3n) is 6.86. The standard InChI is InChI=1S/C26H27FN4O4/c1-28(17-5-3-2-4-6-17)24(32)16-29-9-11-30(12-10-29)23-14-22-19(13-21(23)27)25(33)20(26(34)35)15-31(22)18-7-8-18/h2-6,13-15,18H,7-12,16H2,1H3,(H,34,35). The molecule has 0 radical (unpaired) electrons. The number of aromatic nitrogens is 1. The molecule has 8 nitrogen and oxygen atoms in total. The fraction of sp³-hybridized carbons (Fsp3) is 0.346. The highest BCUT2D eigenvalue weighted by molar-refractivity contribution is 5.94. The first-order valence-electron chi connectivity index (χ1n) is 11.7. The molecule has 182 valence electrons. The Morgan fingerprint density at radius 1 is 1.09 bits per heavy atom. The minimum absolute atomic E-state index is 0.00998. The van der Waals surface area contributed by atoms with E-state index in [1.807, 2.05) is 35.2 Å². The van der Waals surface area contributed by atoms with Crippen LogP contribution in [0, 0.1) is 5.82 Å². The fourth-order valence-corrected chi connectivity index (χ4v) is 4.65. The van der Waals surface area contributed by atoms with Crippen LogP contribution in [0.15, 0.2) is 53.5 Å². The Balaban J connectivity index is 1.34. The molecule has 0 bridgehead atoms. The van der Waals surface area contributed by atoms with Crippen LogP contribution < -0.4 is 15.2 Å². The molecule has 0 spiro atoms. The smallest absolute Gasteiger partial charge is 0.341 e. The Labute approximate surface area is 201 Å². The SMILES string of the molecule is CN(C(=O)CN1CCN(c2cc3c(cc2F)c(=O)c(C(=O)O)cn3C2CC2)CC1)c1ccccc1. The van der Waals surface area contributed by atoms with Gasteiger partial charge in [0.15, 0.2) is 0 Å². The largest absolute Gasteiger partial charge is 0.477 e. The van der Waals surface area contributed by atoms with Gasteiger partial charge in [0.2, 0.25) is 11.3 Å². The molecule has 2 aromatic carbocycles. The Morgan fingerprint density at radius 2 is 1.77 bits per heavy atom. The quantitative estimate of drug-likeness (QED) is 0.586. The number of benzene rings is 2. The van der Waals surface area contributed by atoms with Crippen molar-refractivity contribution >= 4 is 34.2 Å². The van der Waals surface area contributed by atoms with E-state index in [4.69, 9.17) is 0 Å². The third-order valence-corrected chi connectivity index (χ3v) is 6.86. The van der Waals surface area contributed by atoms with E-state index in [0.717, 1.165) is 18.5 Å². The van der Waals surface area contributed by atoms with Gasteiger partial charge in [-0.2, -0.15) is 0 Å². The number of carboxylic acids is 1. The third kappa shape index (κ3) is 4.51. The van der Waals surface area contributed by atoms with Gasteiger partial charge >= 0.3 is 5.97 Å². The molecule has 2 fully saturated rings.